The van der Waals surface area contributed by atoms with Crippen LogP contribution in [-0.4, -0.2) is 15.9 Å². The molecule has 2 N–H and O–H groups in total. The van der Waals surface area contributed by atoms with Crippen LogP contribution in [0.5, 0.6) is 0 Å². The van der Waals surface area contributed by atoms with Crippen LogP contribution < -0.4 is 5.32 Å². The van der Waals surface area contributed by atoms with Crippen LogP contribution in [0.25, 0.3) is 22.2 Å². The highest BCUT2D eigenvalue weighted by Crippen LogP contribution is 2.25. The van der Waals surface area contributed by atoms with Crippen molar-refractivity contribution in [1.82, 2.24) is 9.97 Å². The number of carbonyl (C=O) groups is 1. The van der Waals surface area contributed by atoms with Gasteiger partial charge in [-0.05, 0) is 37.3 Å². The number of anilines is 1. The molecule has 4 aromatic rings. The van der Waals surface area contributed by atoms with Gasteiger partial charge in [-0.3, -0.25) is 4.79 Å². The van der Waals surface area contributed by atoms with E-state index in [1.165, 1.54) is 0 Å². The summed E-state index contributed by atoms with van der Waals surface area (Å²) >= 11 is 5.07. The molecule has 2 aromatic carbocycles. The van der Waals surface area contributed by atoms with Crippen LogP contribution in [0.3, 0.4) is 0 Å². The molecule has 0 unspecified atom stereocenters. The molecule has 0 saturated carbocycles. The van der Waals surface area contributed by atoms with Gasteiger partial charge in [0.1, 0.15) is 0 Å². The van der Waals surface area contributed by atoms with Crippen molar-refractivity contribution in [2.24, 2.45) is 0 Å². The maximum Gasteiger partial charge on any atom is 0.257 e. The lowest BCUT2D eigenvalue weighted by Crippen LogP contribution is -2.11. The second-order valence-electron chi connectivity index (χ2n) is 5.68. The molecule has 1 amide bonds. The van der Waals surface area contributed by atoms with Gasteiger partial charge in [-0.2, -0.15) is 0 Å². The SMILES string of the molecule is Cc1nc(-c2ccc(NC(=O)c3c[nH]c4ccc(Br)cc34)cc2)cs1. The van der Waals surface area contributed by atoms with Crippen LogP contribution in [0.4, 0.5) is 5.69 Å². The summed E-state index contributed by atoms with van der Waals surface area (Å²) in [5.41, 5.74) is 4.31. The first-order chi connectivity index (χ1) is 12.1. The highest BCUT2D eigenvalue weighted by molar-refractivity contribution is 9.10. The number of H-pyrrole nitrogens is 1. The monoisotopic (exact) mass is 411 g/mol. The minimum absolute atomic E-state index is 0.137. The molecule has 4 nitrogen and oxygen atoms in total. The molecule has 0 aliphatic heterocycles. The summed E-state index contributed by atoms with van der Waals surface area (Å²) < 4.78 is 0.941. The standard InChI is InChI=1S/C19H14BrN3OS/c1-11-22-18(10-25-11)12-2-5-14(6-3-12)23-19(24)16-9-21-17-7-4-13(20)8-15(16)17/h2-10,21H,1H3,(H,23,24). The molecule has 6 heteroatoms. The van der Waals surface area contributed by atoms with Gasteiger partial charge in [-0.25, -0.2) is 4.98 Å². The van der Waals surface area contributed by atoms with Crippen LogP contribution in [0.15, 0.2) is 58.5 Å². The molecular weight excluding hydrogens is 398 g/mol. The molecule has 2 aromatic heterocycles. The van der Waals surface area contributed by atoms with Crippen molar-refractivity contribution in [2.75, 3.05) is 5.32 Å². The summed E-state index contributed by atoms with van der Waals surface area (Å²) in [6.45, 7) is 1.99. The van der Waals surface area contributed by atoms with Crippen LogP contribution in [-0.2, 0) is 0 Å². The lowest BCUT2D eigenvalue weighted by molar-refractivity contribution is 0.102. The van der Waals surface area contributed by atoms with Gasteiger partial charge in [-0.1, -0.05) is 28.1 Å². The smallest absolute Gasteiger partial charge is 0.257 e. The fraction of sp³-hybridized carbons (Fsp3) is 0.0526. The van der Waals surface area contributed by atoms with Gasteiger partial charge in [-0.15, -0.1) is 11.3 Å². The van der Waals surface area contributed by atoms with Crippen LogP contribution >= 0.6 is 27.3 Å². The second-order valence-corrected chi connectivity index (χ2v) is 7.65. The number of aromatic amines is 1. The summed E-state index contributed by atoms with van der Waals surface area (Å²) in [6, 6.07) is 13.6. The quantitative estimate of drug-likeness (QED) is 0.459. The van der Waals surface area contributed by atoms with Crippen LogP contribution in [0, 0.1) is 6.92 Å². The van der Waals surface area contributed by atoms with E-state index < -0.39 is 0 Å². The Hall–Kier alpha value is -2.44. The van der Waals surface area contributed by atoms with Crippen LogP contribution in [0.1, 0.15) is 15.4 Å². The summed E-state index contributed by atoms with van der Waals surface area (Å²) in [6.07, 6.45) is 1.73. The number of benzene rings is 2. The van der Waals surface area contributed by atoms with E-state index in [1.54, 1.807) is 17.5 Å². The molecule has 25 heavy (non-hydrogen) atoms. The molecule has 0 aliphatic rings. The van der Waals surface area contributed by atoms with Crippen LogP contribution in [0.2, 0.25) is 0 Å². The molecule has 0 radical (unpaired) electrons. The van der Waals surface area contributed by atoms with Gasteiger partial charge < -0.3 is 10.3 Å². The van der Waals surface area contributed by atoms with Gasteiger partial charge in [0.05, 0.1) is 16.3 Å². The molecular formula is C19H14BrN3OS. The number of amides is 1. The van der Waals surface area contributed by atoms with E-state index in [1.807, 2.05) is 54.8 Å². The first kappa shape index (κ1) is 16.1. The average molecular weight is 412 g/mol. The number of nitrogens with zero attached hydrogens (tertiary/aromatic N) is 1. The molecule has 0 atom stereocenters. The zero-order chi connectivity index (χ0) is 17.4. The number of fused-ring (bicyclic) bond motifs is 1. The van der Waals surface area contributed by atoms with Crippen molar-refractivity contribution in [1.29, 1.82) is 0 Å². The number of hydrogen-bond acceptors (Lipinski definition) is 3. The Labute approximate surface area is 157 Å². The van der Waals surface area contributed by atoms with Crippen molar-refractivity contribution in [3.05, 3.63) is 69.1 Å². The van der Waals surface area contributed by atoms with Crippen molar-refractivity contribution >= 4 is 49.8 Å². The number of carbonyl (C=O) groups excluding carboxylic acids is 1. The molecule has 124 valence electrons. The molecule has 0 aliphatic carbocycles. The fourth-order valence-electron chi connectivity index (χ4n) is 2.70. The average Bonchev–Trinajstić information content (AvgIpc) is 3.21. The lowest BCUT2D eigenvalue weighted by Gasteiger charge is -2.05. The fourth-order valence-corrected chi connectivity index (χ4v) is 3.68. The first-order valence-electron chi connectivity index (χ1n) is 7.71. The minimum atomic E-state index is -0.137. The number of nitrogens with one attached hydrogen (secondary N) is 2. The Morgan fingerprint density at radius 1 is 1.20 bits per heavy atom. The Kier molecular flexibility index (Phi) is 4.15. The topological polar surface area (TPSA) is 57.8 Å². The summed E-state index contributed by atoms with van der Waals surface area (Å²) in [7, 11) is 0. The third-order valence-electron chi connectivity index (χ3n) is 3.95. The number of halogens is 1. The molecule has 4 rings (SSSR count). The third kappa shape index (κ3) is 3.23. The van der Waals surface area contributed by atoms with E-state index in [-0.39, 0.29) is 5.91 Å². The highest BCUT2D eigenvalue weighted by Gasteiger charge is 2.13. The normalized spacial score (nSPS) is 11.0. The van der Waals surface area contributed by atoms with Gasteiger partial charge in [0, 0.05) is 38.2 Å². The maximum absolute atomic E-state index is 12.6. The molecule has 0 bridgehead atoms. The Morgan fingerprint density at radius 3 is 2.72 bits per heavy atom. The van der Waals surface area contributed by atoms with E-state index in [0.717, 1.165) is 37.3 Å². The van der Waals surface area contributed by atoms with E-state index in [0.29, 0.717) is 5.56 Å². The van der Waals surface area contributed by atoms with Crippen molar-refractivity contribution in [3.8, 4) is 11.3 Å². The second kappa shape index (κ2) is 6.46. The molecule has 0 fully saturated rings. The van der Waals surface area contributed by atoms with Gasteiger partial charge in [0.25, 0.3) is 5.91 Å². The van der Waals surface area contributed by atoms with Crippen molar-refractivity contribution in [3.63, 3.8) is 0 Å². The highest BCUT2D eigenvalue weighted by atomic mass is 79.9. The summed E-state index contributed by atoms with van der Waals surface area (Å²) in [5.74, 6) is -0.137. The predicted molar refractivity (Wildman–Crippen MR) is 106 cm³/mol. The Morgan fingerprint density at radius 2 is 2.00 bits per heavy atom. The van der Waals surface area contributed by atoms with Crippen molar-refractivity contribution < 1.29 is 4.79 Å². The lowest BCUT2D eigenvalue weighted by atomic mass is 10.1. The zero-order valence-corrected chi connectivity index (χ0v) is 15.7. The van der Waals surface area contributed by atoms with E-state index >= 15 is 0 Å². The van der Waals surface area contributed by atoms with E-state index in [2.05, 4.69) is 31.2 Å². The summed E-state index contributed by atoms with van der Waals surface area (Å²) in [4.78, 5) is 20.2. The Bertz CT molecular complexity index is 1070. The van der Waals surface area contributed by atoms with Gasteiger partial charge >= 0.3 is 0 Å². The number of aryl methyl sites for hydroxylation is 1. The minimum Gasteiger partial charge on any atom is -0.360 e. The van der Waals surface area contributed by atoms with E-state index in [9.17, 15) is 4.79 Å². The predicted octanol–water partition coefficient (Wildman–Crippen LogP) is 5.61. The van der Waals surface area contributed by atoms with Gasteiger partial charge in [0.2, 0.25) is 0 Å². The Balaban J connectivity index is 1.57. The molecule has 0 spiro atoms. The maximum atomic E-state index is 12.6. The number of hydrogen-bond donors (Lipinski definition) is 2. The van der Waals surface area contributed by atoms with E-state index in [4.69, 9.17) is 0 Å². The number of thiazole rings is 1. The molecule has 0 saturated heterocycles. The largest absolute Gasteiger partial charge is 0.360 e. The van der Waals surface area contributed by atoms with Gasteiger partial charge in [0.15, 0.2) is 0 Å². The number of rotatable bonds is 3. The number of aromatic nitrogens is 2. The zero-order valence-electron chi connectivity index (χ0n) is 13.3. The summed E-state index contributed by atoms with van der Waals surface area (Å²) in [5, 5.41) is 6.91. The first-order valence-corrected chi connectivity index (χ1v) is 9.38. The molecule has 2 heterocycles. The van der Waals surface area contributed by atoms with Crippen molar-refractivity contribution in [2.45, 2.75) is 6.92 Å². The third-order valence-corrected chi connectivity index (χ3v) is 5.21.